The molecule has 0 unspecified atom stereocenters. The Kier molecular flexibility index (Phi) is 8.17. The molecule has 2 aromatic rings. The first-order valence-corrected chi connectivity index (χ1v) is 12.3. The van der Waals surface area contributed by atoms with Crippen molar-refractivity contribution in [1.29, 1.82) is 0 Å². The highest BCUT2D eigenvalue weighted by Crippen LogP contribution is 2.33. The van der Waals surface area contributed by atoms with E-state index in [1.165, 1.54) is 12.8 Å². The van der Waals surface area contributed by atoms with Gasteiger partial charge in [-0.2, -0.15) is 0 Å². The molecule has 1 aliphatic heterocycles. The number of rotatable bonds is 6. The predicted octanol–water partition coefficient (Wildman–Crippen LogP) is 5.17. The summed E-state index contributed by atoms with van der Waals surface area (Å²) in [4.78, 5) is 17.1. The van der Waals surface area contributed by atoms with E-state index in [9.17, 15) is 4.79 Å². The summed E-state index contributed by atoms with van der Waals surface area (Å²) >= 11 is 12.6. The largest absolute Gasteiger partial charge is 0.368 e. The van der Waals surface area contributed by atoms with Gasteiger partial charge in [-0.15, -0.1) is 0 Å². The molecular formula is C25H32Cl2N4O. The van der Waals surface area contributed by atoms with E-state index in [0.29, 0.717) is 22.5 Å². The Hall–Kier alpha value is -1.95. The second-order valence-corrected chi connectivity index (χ2v) is 9.68. The lowest BCUT2D eigenvalue weighted by atomic mass is 9.85. The zero-order chi connectivity index (χ0) is 22.3. The SMILES string of the molecule is O=C(NCc1ccccc1)NC1CCC(CN2CCN(c3cccc(Cl)c3Cl)CC2)CC1. The maximum absolute atomic E-state index is 12.2. The quantitative estimate of drug-likeness (QED) is 0.606. The lowest BCUT2D eigenvalue weighted by Crippen LogP contribution is -2.49. The van der Waals surface area contributed by atoms with Crippen LogP contribution in [0.3, 0.4) is 0 Å². The second kappa shape index (κ2) is 11.3. The number of carbonyl (C=O) groups excluding carboxylic acids is 1. The number of halogens is 2. The van der Waals surface area contributed by atoms with Gasteiger partial charge in [0.05, 0.1) is 15.7 Å². The normalized spacial score (nSPS) is 21.9. The van der Waals surface area contributed by atoms with Crippen molar-refractivity contribution in [2.45, 2.75) is 38.3 Å². The third-order valence-electron chi connectivity index (χ3n) is 6.64. The molecule has 2 fully saturated rings. The summed E-state index contributed by atoms with van der Waals surface area (Å²) in [6.07, 6.45) is 4.46. The predicted molar refractivity (Wildman–Crippen MR) is 133 cm³/mol. The molecule has 0 aromatic heterocycles. The smallest absolute Gasteiger partial charge is 0.315 e. The number of amides is 2. The van der Waals surface area contributed by atoms with E-state index < -0.39 is 0 Å². The van der Waals surface area contributed by atoms with Gasteiger partial charge in [0, 0.05) is 45.3 Å². The number of benzene rings is 2. The molecule has 1 heterocycles. The third-order valence-corrected chi connectivity index (χ3v) is 7.45. The van der Waals surface area contributed by atoms with E-state index in [0.717, 1.165) is 56.8 Å². The minimum atomic E-state index is -0.0619. The van der Waals surface area contributed by atoms with Gasteiger partial charge in [-0.05, 0) is 49.3 Å². The molecular weight excluding hydrogens is 443 g/mol. The summed E-state index contributed by atoms with van der Waals surface area (Å²) in [5.41, 5.74) is 2.15. The van der Waals surface area contributed by atoms with Gasteiger partial charge in [-0.25, -0.2) is 4.79 Å². The number of piperazine rings is 1. The van der Waals surface area contributed by atoms with Crippen LogP contribution >= 0.6 is 23.2 Å². The van der Waals surface area contributed by atoms with Crippen LogP contribution in [0.4, 0.5) is 10.5 Å². The van der Waals surface area contributed by atoms with Crippen LogP contribution in [0.5, 0.6) is 0 Å². The Balaban J connectivity index is 1.14. The molecule has 1 aliphatic carbocycles. The monoisotopic (exact) mass is 474 g/mol. The van der Waals surface area contributed by atoms with Crippen LogP contribution in [0.2, 0.25) is 10.0 Å². The molecule has 0 bridgehead atoms. The topological polar surface area (TPSA) is 47.6 Å². The summed E-state index contributed by atoms with van der Waals surface area (Å²) in [6.45, 7) is 5.74. The molecule has 32 heavy (non-hydrogen) atoms. The molecule has 5 nitrogen and oxygen atoms in total. The van der Waals surface area contributed by atoms with Crippen molar-refractivity contribution in [3.05, 3.63) is 64.1 Å². The van der Waals surface area contributed by atoms with Gasteiger partial charge in [0.1, 0.15) is 0 Å². The fourth-order valence-electron chi connectivity index (χ4n) is 4.78. The van der Waals surface area contributed by atoms with E-state index >= 15 is 0 Å². The molecule has 4 rings (SSSR count). The fourth-order valence-corrected chi connectivity index (χ4v) is 5.19. The minimum absolute atomic E-state index is 0.0619. The first kappa shape index (κ1) is 23.2. The van der Waals surface area contributed by atoms with E-state index in [-0.39, 0.29) is 12.1 Å². The average Bonchev–Trinajstić information content (AvgIpc) is 2.82. The Bertz CT molecular complexity index is 879. The Labute approximate surface area is 201 Å². The van der Waals surface area contributed by atoms with Crippen molar-refractivity contribution in [3.8, 4) is 0 Å². The van der Waals surface area contributed by atoms with Crippen molar-refractivity contribution in [2.75, 3.05) is 37.6 Å². The fraction of sp³-hybridized carbons (Fsp3) is 0.480. The molecule has 2 aromatic carbocycles. The van der Waals surface area contributed by atoms with Crippen LogP contribution in [-0.4, -0.2) is 49.7 Å². The van der Waals surface area contributed by atoms with Crippen molar-refractivity contribution in [1.82, 2.24) is 15.5 Å². The van der Waals surface area contributed by atoms with Gasteiger partial charge in [0.2, 0.25) is 0 Å². The molecule has 0 radical (unpaired) electrons. The van der Waals surface area contributed by atoms with E-state index in [2.05, 4.69) is 20.4 Å². The summed E-state index contributed by atoms with van der Waals surface area (Å²) in [5, 5.41) is 7.39. The van der Waals surface area contributed by atoms with Gasteiger partial charge in [-0.3, -0.25) is 4.90 Å². The minimum Gasteiger partial charge on any atom is -0.368 e. The first-order chi connectivity index (χ1) is 15.6. The lowest BCUT2D eigenvalue weighted by Gasteiger charge is -2.39. The van der Waals surface area contributed by atoms with Crippen LogP contribution in [-0.2, 0) is 6.54 Å². The summed E-state index contributed by atoms with van der Waals surface area (Å²) in [5.74, 6) is 0.710. The molecule has 1 saturated heterocycles. The number of anilines is 1. The first-order valence-electron chi connectivity index (χ1n) is 11.6. The highest BCUT2D eigenvalue weighted by molar-refractivity contribution is 6.43. The van der Waals surface area contributed by atoms with Crippen molar-refractivity contribution in [3.63, 3.8) is 0 Å². The molecule has 0 atom stereocenters. The zero-order valence-corrected chi connectivity index (χ0v) is 19.9. The van der Waals surface area contributed by atoms with E-state index in [1.807, 2.05) is 48.5 Å². The summed E-state index contributed by atoms with van der Waals surface area (Å²) in [7, 11) is 0. The van der Waals surface area contributed by atoms with E-state index in [4.69, 9.17) is 23.2 Å². The van der Waals surface area contributed by atoms with Gasteiger partial charge >= 0.3 is 6.03 Å². The van der Waals surface area contributed by atoms with Gasteiger partial charge < -0.3 is 15.5 Å². The number of hydrogen-bond donors (Lipinski definition) is 2. The van der Waals surface area contributed by atoms with Gasteiger partial charge in [0.25, 0.3) is 0 Å². The maximum Gasteiger partial charge on any atom is 0.315 e. The van der Waals surface area contributed by atoms with Gasteiger partial charge in [0.15, 0.2) is 0 Å². The standard InChI is InChI=1S/C25H32Cl2N4O/c26-22-7-4-8-23(24(22)27)31-15-13-30(14-16-31)18-20-9-11-21(12-10-20)29-25(32)28-17-19-5-2-1-3-6-19/h1-8,20-21H,9-18H2,(H2,28,29,32). The molecule has 2 aliphatic rings. The Morgan fingerprint density at radius 1 is 0.906 bits per heavy atom. The zero-order valence-electron chi connectivity index (χ0n) is 18.4. The van der Waals surface area contributed by atoms with Crippen LogP contribution in [0.15, 0.2) is 48.5 Å². The van der Waals surface area contributed by atoms with Crippen LogP contribution in [0.25, 0.3) is 0 Å². The molecule has 2 amide bonds. The average molecular weight is 475 g/mol. The summed E-state index contributed by atoms with van der Waals surface area (Å²) < 4.78 is 0. The third kappa shape index (κ3) is 6.31. The summed E-state index contributed by atoms with van der Waals surface area (Å²) in [6, 6.07) is 16.1. The number of hydrogen-bond acceptors (Lipinski definition) is 3. The number of urea groups is 1. The number of nitrogens with one attached hydrogen (secondary N) is 2. The maximum atomic E-state index is 12.2. The molecule has 7 heteroatoms. The molecule has 1 saturated carbocycles. The van der Waals surface area contributed by atoms with Crippen molar-refractivity contribution < 1.29 is 4.79 Å². The molecule has 0 spiro atoms. The lowest BCUT2D eigenvalue weighted by molar-refractivity contribution is 0.179. The van der Waals surface area contributed by atoms with E-state index in [1.54, 1.807) is 0 Å². The van der Waals surface area contributed by atoms with Crippen molar-refractivity contribution in [2.24, 2.45) is 5.92 Å². The highest BCUT2D eigenvalue weighted by atomic mass is 35.5. The van der Waals surface area contributed by atoms with Crippen LogP contribution < -0.4 is 15.5 Å². The number of nitrogens with zero attached hydrogens (tertiary/aromatic N) is 2. The highest BCUT2D eigenvalue weighted by Gasteiger charge is 2.26. The number of carbonyl (C=O) groups is 1. The van der Waals surface area contributed by atoms with Gasteiger partial charge in [-0.1, -0.05) is 59.6 Å². The second-order valence-electron chi connectivity index (χ2n) is 8.89. The molecule has 172 valence electrons. The molecule has 2 N–H and O–H groups in total. The van der Waals surface area contributed by atoms with Crippen LogP contribution in [0.1, 0.15) is 31.2 Å². The van der Waals surface area contributed by atoms with Crippen molar-refractivity contribution >= 4 is 34.9 Å². The Morgan fingerprint density at radius 2 is 1.62 bits per heavy atom. The Morgan fingerprint density at radius 3 is 2.34 bits per heavy atom. The van der Waals surface area contributed by atoms with Crippen LogP contribution in [0, 0.1) is 5.92 Å².